The van der Waals surface area contributed by atoms with Crippen LogP contribution in [0, 0.1) is 0 Å². The van der Waals surface area contributed by atoms with E-state index in [1.54, 1.807) is 60.9 Å². The number of thiazole rings is 1. The average molecular weight is 440 g/mol. The summed E-state index contributed by atoms with van der Waals surface area (Å²) in [6.45, 7) is 0.0931. The number of hydrogen-bond acceptors (Lipinski definition) is 6. The van der Waals surface area contributed by atoms with Crippen LogP contribution >= 0.6 is 11.3 Å². The summed E-state index contributed by atoms with van der Waals surface area (Å²) in [6, 6.07) is 17.3. The summed E-state index contributed by atoms with van der Waals surface area (Å²) in [5, 5.41) is 5.13. The summed E-state index contributed by atoms with van der Waals surface area (Å²) in [5.74, 6) is -0.973. The molecule has 2 aromatic carbocycles. The number of pyridine rings is 1. The number of aromatic nitrogens is 2. The number of carbonyl (C=O) groups is 3. The minimum atomic E-state index is -0.328. The van der Waals surface area contributed by atoms with E-state index < -0.39 is 0 Å². The summed E-state index contributed by atoms with van der Waals surface area (Å²) in [6.07, 6.45) is 3.40. The van der Waals surface area contributed by atoms with Crippen LogP contribution in [0.2, 0.25) is 0 Å². The molecule has 3 heterocycles. The van der Waals surface area contributed by atoms with Crippen molar-refractivity contribution in [3.05, 3.63) is 101 Å². The molecule has 0 saturated heterocycles. The maximum Gasteiger partial charge on any atom is 0.261 e. The molecule has 32 heavy (non-hydrogen) atoms. The Morgan fingerprint density at radius 1 is 0.969 bits per heavy atom. The second-order valence-electron chi connectivity index (χ2n) is 7.18. The second kappa shape index (κ2) is 8.16. The molecule has 2 aromatic heterocycles. The summed E-state index contributed by atoms with van der Waals surface area (Å²) in [7, 11) is 0. The number of rotatable bonds is 5. The number of carbonyl (C=O) groups excluding carboxylic acids is 3. The van der Waals surface area contributed by atoms with Crippen LogP contribution in [0.15, 0.2) is 78.4 Å². The molecule has 3 amide bonds. The van der Waals surface area contributed by atoms with E-state index >= 15 is 0 Å². The third-order valence-electron chi connectivity index (χ3n) is 5.09. The van der Waals surface area contributed by atoms with E-state index in [1.807, 2.05) is 17.5 Å². The van der Waals surface area contributed by atoms with Gasteiger partial charge in [0.2, 0.25) is 0 Å². The lowest BCUT2D eigenvalue weighted by Gasteiger charge is -2.14. The van der Waals surface area contributed by atoms with Gasteiger partial charge in [-0.2, -0.15) is 0 Å². The third-order valence-corrected chi connectivity index (χ3v) is 5.85. The fourth-order valence-electron chi connectivity index (χ4n) is 3.52. The van der Waals surface area contributed by atoms with Gasteiger partial charge in [0.1, 0.15) is 0 Å². The second-order valence-corrected chi connectivity index (χ2v) is 8.03. The molecule has 0 saturated carbocycles. The quantitative estimate of drug-likeness (QED) is 0.468. The highest BCUT2D eigenvalue weighted by Gasteiger charge is 2.35. The Morgan fingerprint density at radius 2 is 1.75 bits per heavy atom. The zero-order valence-electron chi connectivity index (χ0n) is 16.7. The Hall–Kier alpha value is -4.17. The molecule has 7 nitrogen and oxygen atoms in total. The number of nitrogens with zero attached hydrogens (tertiary/aromatic N) is 3. The first-order valence-corrected chi connectivity index (χ1v) is 10.7. The molecule has 156 valence electrons. The maximum atomic E-state index is 12.8. The van der Waals surface area contributed by atoms with Gasteiger partial charge < -0.3 is 0 Å². The van der Waals surface area contributed by atoms with Gasteiger partial charge in [-0.3, -0.25) is 29.6 Å². The maximum absolute atomic E-state index is 12.8. The largest absolute Gasteiger partial charge is 0.298 e. The van der Waals surface area contributed by atoms with Gasteiger partial charge in [-0.05, 0) is 42.0 Å². The van der Waals surface area contributed by atoms with E-state index in [4.69, 9.17) is 0 Å². The minimum Gasteiger partial charge on any atom is -0.298 e. The molecular weight excluding hydrogens is 424 g/mol. The summed E-state index contributed by atoms with van der Waals surface area (Å²) >= 11 is 1.32. The predicted octanol–water partition coefficient (Wildman–Crippen LogP) is 4.25. The van der Waals surface area contributed by atoms with Crippen LogP contribution in [-0.2, 0) is 6.54 Å². The van der Waals surface area contributed by atoms with Gasteiger partial charge in [-0.25, -0.2) is 4.98 Å². The molecule has 0 bridgehead atoms. The summed E-state index contributed by atoms with van der Waals surface area (Å²) < 4.78 is 0. The van der Waals surface area contributed by atoms with Crippen LogP contribution in [0.25, 0.3) is 11.3 Å². The lowest BCUT2D eigenvalue weighted by molar-refractivity contribution is 0.0642. The van der Waals surface area contributed by atoms with E-state index in [0.717, 1.165) is 11.3 Å². The summed E-state index contributed by atoms with van der Waals surface area (Å²) in [5.41, 5.74) is 3.50. The number of amides is 3. The lowest BCUT2D eigenvalue weighted by Crippen LogP contribution is -2.29. The van der Waals surface area contributed by atoms with E-state index in [9.17, 15) is 14.4 Å². The molecule has 0 radical (unpaired) electrons. The van der Waals surface area contributed by atoms with Crippen molar-refractivity contribution in [2.24, 2.45) is 0 Å². The first-order valence-electron chi connectivity index (χ1n) is 9.81. The molecule has 1 aliphatic heterocycles. The Kier molecular flexibility index (Phi) is 5.04. The van der Waals surface area contributed by atoms with Crippen molar-refractivity contribution in [1.82, 2.24) is 14.9 Å². The molecule has 4 aromatic rings. The number of imide groups is 1. The molecule has 0 unspecified atom stereocenters. The zero-order chi connectivity index (χ0) is 22.1. The SMILES string of the molecule is O=C(Nc1nc(-c2cccnc2)cs1)c1cccc(CN2C(=O)c3ccccc3C2=O)c1. The van der Waals surface area contributed by atoms with Gasteiger partial charge in [0.05, 0.1) is 23.4 Å². The fraction of sp³-hybridized carbons (Fsp3) is 0.0417. The Morgan fingerprint density at radius 3 is 2.47 bits per heavy atom. The van der Waals surface area contributed by atoms with Gasteiger partial charge in [-0.1, -0.05) is 24.3 Å². The monoisotopic (exact) mass is 440 g/mol. The normalized spacial score (nSPS) is 12.7. The van der Waals surface area contributed by atoms with Gasteiger partial charge in [0.15, 0.2) is 5.13 Å². The van der Waals surface area contributed by atoms with Crippen molar-refractivity contribution in [2.45, 2.75) is 6.54 Å². The summed E-state index contributed by atoms with van der Waals surface area (Å²) in [4.78, 5) is 47.7. The predicted molar refractivity (Wildman–Crippen MR) is 120 cm³/mol. The Labute approximate surface area is 187 Å². The van der Waals surface area contributed by atoms with Crippen molar-refractivity contribution in [2.75, 3.05) is 5.32 Å². The van der Waals surface area contributed by atoms with Gasteiger partial charge >= 0.3 is 0 Å². The molecule has 0 fully saturated rings. The number of anilines is 1. The minimum absolute atomic E-state index is 0.0931. The average Bonchev–Trinajstić information content (AvgIpc) is 3.39. The number of nitrogens with one attached hydrogen (secondary N) is 1. The van der Waals surface area contributed by atoms with Crippen LogP contribution in [0.3, 0.4) is 0 Å². The van der Waals surface area contributed by atoms with Crippen LogP contribution in [0.4, 0.5) is 5.13 Å². The van der Waals surface area contributed by atoms with E-state index in [2.05, 4.69) is 15.3 Å². The standard InChI is InChI=1S/C24H16N4O3S/c29-21(27-24-26-20(14-32-24)17-7-4-10-25-12-17)16-6-3-5-15(11-16)13-28-22(30)18-8-1-2-9-19(18)23(28)31/h1-12,14H,13H2,(H,26,27,29). The molecule has 0 atom stereocenters. The van der Waals surface area contributed by atoms with Crippen LogP contribution < -0.4 is 5.32 Å². The van der Waals surface area contributed by atoms with E-state index in [0.29, 0.717) is 27.4 Å². The smallest absolute Gasteiger partial charge is 0.261 e. The van der Waals surface area contributed by atoms with Crippen molar-refractivity contribution < 1.29 is 14.4 Å². The van der Waals surface area contributed by atoms with Crippen LogP contribution in [0.1, 0.15) is 36.6 Å². The first-order chi connectivity index (χ1) is 15.6. The molecule has 0 spiro atoms. The lowest BCUT2D eigenvalue weighted by atomic mass is 10.1. The number of hydrogen-bond donors (Lipinski definition) is 1. The fourth-order valence-corrected chi connectivity index (χ4v) is 4.24. The molecule has 5 rings (SSSR count). The van der Waals surface area contributed by atoms with Crippen molar-refractivity contribution in [3.8, 4) is 11.3 Å². The van der Waals surface area contributed by atoms with Crippen molar-refractivity contribution in [3.63, 3.8) is 0 Å². The Balaban J connectivity index is 1.30. The molecule has 8 heteroatoms. The highest BCUT2D eigenvalue weighted by Crippen LogP contribution is 2.26. The zero-order valence-corrected chi connectivity index (χ0v) is 17.5. The highest BCUT2D eigenvalue weighted by atomic mass is 32.1. The molecule has 0 aliphatic carbocycles. The van der Waals surface area contributed by atoms with Gasteiger partial charge in [-0.15, -0.1) is 11.3 Å². The topological polar surface area (TPSA) is 92.3 Å². The van der Waals surface area contributed by atoms with Crippen molar-refractivity contribution >= 4 is 34.2 Å². The number of fused-ring (bicyclic) bond motifs is 1. The van der Waals surface area contributed by atoms with E-state index in [-0.39, 0.29) is 24.3 Å². The van der Waals surface area contributed by atoms with Crippen molar-refractivity contribution in [1.29, 1.82) is 0 Å². The first kappa shape index (κ1) is 19.8. The van der Waals surface area contributed by atoms with Crippen LogP contribution in [0.5, 0.6) is 0 Å². The van der Waals surface area contributed by atoms with Gasteiger partial charge in [0.25, 0.3) is 17.7 Å². The Bertz CT molecular complexity index is 1320. The van der Waals surface area contributed by atoms with E-state index in [1.165, 1.54) is 16.2 Å². The molecular formula is C24H16N4O3S. The van der Waals surface area contributed by atoms with Gasteiger partial charge in [0, 0.05) is 28.9 Å². The third kappa shape index (κ3) is 3.67. The number of benzene rings is 2. The highest BCUT2D eigenvalue weighted by molar-refractivity contribution is 7.14. The van der Waals surface area contributed by atoms with Crippen LogP contribution in [-0.4, -0.2) is 32.6 Å². The molecule has 1 aliphatic rings. The molecule has 1 N–H and O–H groups in total.